The minimum atomic E-state index is -0.120. The zero-order valence-electron chi connectivity index (χ0n) is 28.7. The van der Waals surface area contributed by atoms with Crippen LogP contribution < -0.4 is 29.0 Å². The molecule has 4 N–H and O–H groups in total. The number of nitrogens with one attached hydrogen (secondary N) is 1. The zero-order valence-corrected chi connectivity index (χ0v) is 28.7. The van der Waals surface area contributed by atoms with Gasteiger partial charge in [0.1, 0.15) is 42.0 Å². The lowest BCUT2D eigenvalue weighted by atomic mass is 9.92. The van der Waals surface area contributed by atoms with Gasteiger partial charge < -0.3 is 44.3 Å². The second kappa shape index (κ2) is 18.3. The van der Waals surface area contributed by atoms with Gasteiger partial charge in [0.2, 0.25) is 0 Å². The fraction of sp³-hybridized carbons (Fsp3) is 0.385. The van der Waals surface area contributed by atoms with E-state index in [-0.39, 0.29) is 19.8 Å². The van der Waals surface area contributed by atoms with Crippen LogP contribution in [0.15, 0.2) is 60.7 Å². The molecule has 0 bridgehead atoms. The van der Waals surface area contributed by atoms with Gasteiger partial charge in [0.05, 0.1) is 40.1 Å². The van der Waals surface area contributed by atoms with E-state index in [0.29, 0.717) is 67.9 Å². The minimum absolute atomic E-state index is 0.0474. The van der Waals surface area contributed by atoms with Crippen molar-refractivity contribution in [3.05, 3.63) is 99.6 Å². The standard InChI is InChI=1S/C39H49NO8/c1-26-28(24-47-31-18-30(23-43)35(12-6-7-16-41)37(19-31)44-3)10-8-13-33(26)34-14-9-11-29(27(34)2)25-48-32-20-38(45-4)36(22-40-15-17-42)39(21-32)46-5/h8-11,13-14,18-21,40-43H,6-7,12,15-17,22-25H2,1-5H3. The van der Waals surface area contributed by atoms with Gasteiger partial charge in [-0.05, 0) is 83.7 Å². The van der Waals surface area contributed by atoms with Crippen molar-refractivity contribution in [2.75, 3.05) is 41.1 Å². The molecule has 0 aliphatic carbocycles. The molecular formula is C39H49NO8. The van der Waals surface area contributed by atoms with Crippen molar-refractivity contribution < 1.29 is 39.0 Å². The van der Waals surface area contributed by atoms with Crippen molar-refractivity contribution in [2.45, 2.75) is 59.5 Å². The smallest absolute Gasteiger partial charge is 0.130 e. The molecule has 4 aromatic carbocycles. The molecule has 0 unspecified atom stereocenters. The van der Waals surface area contributed by atoms with Crippen LogP contribution in [0.25, 0.3) is 11.1 Å². The molecule has 0 spiro atoms. The summed E-state index contributed by atoms with van der Waals surface area (Å²) in [6.45, 7) is 5.96. The number of hydrogen-bond acceptors (Lipinski definition) is 9. The van der Waals surface area contributed by atoms with Gasteiger partial charge in [-0.1, -0.05) is 36.4 Å². The number of aliphatic hydroxyl groups is 3. The van der Waals surface area contributed by atoms with E-state index in [1.54, 1.807) is 21.3 Å². The Kier molecular flexibility index (Phi) is 13.9. The molecule has 0 aliphatic rings. The van der Waals surface area contributed by atoms with E-state index in [9.17, 15) is 10.2 Å². The van der Waals surface area contributed by atoms with Gasteiger partial charge in [0.15, 0.2) is 0 Å². The van der Waals surface area contributed by atoms with E-state index in [0.717, 1.165) is 56.5 Å². The first-order chi connectivity index (χ1) is 23.4. The summed E-state index contributed by atoms with van der Waals surface area (Å²) in [7, 11) is 4.85. The third kappa shape index (κ3) is 8.99. The summed E-state index contributed by atoms with van der Waals surface area (Å²) in [4.78, 5) is 0. The van der Waals surface area contributed by atoms with Gasteiger partial charge in [-0.3, -0.25) is 0 Å². The number of unbranched alkanes of at least 4 members (excludes halogenated alkanes) is 1. The van der Waals surface area contributed by atoms with E-state index in [2.05, 4.69) is 43.4 Å². The van der Waals surface area contributed by atoms with Crippen molar-refractivity contribution >= 4 is 0 Å². The molecule has 9 heteroatoms. The van der Waals surface area contributed by atoms with Crippen LogP contribution in [0.5, 0.6) is 28.7 Å². The van der Waals surface area contributed by atoms with Gasteiger partial charge in [-0.25, -0.2) is 0 Å². The van der Waals surface area contributed by atoms with Crippen LogP contribution in [0, 0.1) is 13.8 Å². The molecule has 0 amide bonds. The molecule has 0 saturated carbocycles. The Morgan fingerprint density at radius 3 is 1.60 bits per heavy atom. The molecular weight excluding hydrogens is 610 g/mol. The summed E-state index contributed by atoms with van der Waals surface area (Å²) in [5.41, 5.74) is 9.16. The van der Waals surface area contributed by atoms with Gasteiger partial charge in [-0.15, -0.1) is 0 Å². The molecule has 0 aliphatic heterocycles. The molecule has 48 heavy (non-hydrogen) atoms. The first-order valence-electron chi connectivity index (χ1n) is 16.3. The number of hydrogen-bond donors (Lipinski definition) is 4. The van der Waals surface area contributed by atoms with Gasteiger partial charge >= 0.3 is 0 Å². The maximum Gasteiger partial charge on any atom is 0.130 e. The average Bonchev–Trinajstić information content (AvgIpc) is 3.11. The Labute approximate surface area is 284 Å². The first kappa shape index (κ1) is 36.6. The monoisotopic (exact) mass is 659 g/mol. The quantitative estimate of drug-likeness (QED) is 0.0894. The highest BCUT2D eigenvalue weighted by Crippen LogP contribution is 2.36. The van der Waals surface area contributed by atoms with E-state index >= 15 is 0 Å². The Bertz CT molecular complexity index is 1470. The van der Waals surface area contributed by atoms with Crippen LogP contribution in [0.4, 0.5) is 0 Å². The second-order valence-corrected chi connectivity index (χ2v) is 11.6. The highest BCUT2D eigenvalue weighted by Gasteiger charge is 2.16. The number of aliphatic hydroxyl groups excluding tert-OH is 3. The molecule has 0 heterocycles. The van der Waals surface area contributed by atoms with Gasteiger partial charge in [0, 0.05) is 37.9 Å². The topological polar surface area (TPSA) is 119 Å². The summed E-state index contributed by atoms with van der Waals surface area (Å²) in [6.07, 6.45) is 2.21. The maximum absolute atomic E-state index is 10.1. The van der Waals surface area contributed by atoms with Crippen LogP contribution in [-0.2, 0) is 32.8 Å². The normalized spacial score (nSPS) is 11.0. The van der Waals surface area contributed by atoms with Crippen LogP contribution in [0.1, 0.15) is 51.8 Å². The van der Waals surface area contributed by atoms with Crippen molar-refractivity contribution in [2.24, 2.45) is 0 Å². The van der Waals surface area contributed by atoms with Crippen molar-refractivity contribution in [3.63, 3.8) is 0 Å². The van der Waals surface area contributed by atoms with Gasteiger partial charge in [-0.2, -0.15) is 0 Å². The number of benzene rings is 4. The van der Waals surface area contributed by atoms with Crippen LogP contribution in [-0.4, -0.2) is 56.4 Å². The third-order valence-corrected chi connectivity index (χ3v) is 8.64. The summed E-state index contributed by atoms with van der Waals surface area (Å²) < 4.78 is 29.4. The summed E-state index contributed by atoms with van der Waals surface area (Å²) in [6, 6.07) is 19.9. The Morgan fingerprint density at radius 1 is 0.604 bits per heavy atom. The van der Waals surface area contributed by atoms with E-state index in [1.165, 1.54) is 0 Å². The molecule has 0 atom stereocenters. The molecule has 0 radical (unpaired) electrons. The molecule has 0 saturated heterocycles. The largest absolute Gasteiger partial charge is 0.496 e. The fourth-order valence-corrected chi connectivity index (χ4v) is 5.87. The summed E-state index contributed by atoms with van der Waals surface area (Å²) in [5, 5.41) is 31.5. The lowest BCUT2D eigenvalue weighted by molar-refractivity contribution is 0.272. The summed E-state index contributed by atoms with van der Waals surface area (Å²) in [5.74, 6) is 3.24. The van der Waals surface area contributed by atoms with Crippen LogP contribution in [0.3, 0.4) is 0 Å². The average molecular weight is 660 g/mol. The molecule has 0 fully saturated rings. The van der Waals surface area contributed by atoms with Crippen LogP contribution >= 0.6 is 0 Å². The Hall–Kier alpha value is -4.28. The third-order valence-electron chi connectivity index (χ3n) is 8.64. The van der Waals surface area contributed by atoms with E-state index < -0.39 is 0 Å². The highest BCUT2D eigenvalue weighted by atomic mass is 16.5. The van der Waals surface area contributed by atoms with Crippen molar-refractivity contribution in [1.82, 2.24) is 5.32 Å². The Morgan fingerprint density at radius 2 is 1.12 bits per heavy atom. The van der Waals surface area contributed by atoms with Crippen molar-refractivity contribution in [3.8, 4) is 39.9 Å². The molecule has 4 aromatic rings. The van der Waals surface area contributed by atoms with E-state index in [1.807, 2.05) is 36.4 Å². The Balaban J connectivity index is 1.52. The molecule has 4 rings (SSSR count). The van der Waals surface area contributed by atoms with E-state index in [4.69, 9.17) is 28.8 Å². The fourth-order valence-electron chi connectivity index (χ4n) is 5.87. The van der Waals surface area contributed by atoms with Gasteiger partial charge in [0.25, 0.3) is 0 Å². The zero-order chi connectivity index (χ0) is 34.5. The number of methoxy groups -OCH3 is 3. The first-order valence-corrected chi connectivity index (χ1v) is 16.3. The predicted octanol–water partition coefficient (Wildman–Crippen LogP) is 6.04. The minimum Gasteiger partial charge on any atom is -0.496 e. The second-order valence-electron chi connectivity index (χ2n) is 11.6. The van der Waals surface area contributed by atoms with Crippen molar-refractivity contribution in [1.29, 1.82) is 0 Å². The predicted molar refractivity (Wildman–Crippen MR) is 187 cm³/mol. The summed E-state index contributed by atoms with van der Waals surface area (Å²) >= 11 is 0. The molecule has 0 aromatic heterocycles. The maximum atomic E-state index is 10.1. The molecule has 258 valence electrons. The lowest BCUT2D eigenvalue weighted by Crippen LogP contribution is -2.18. The highest BCUT2D eigenvalue weighted by molar-refractivity contribution is 5.72. The molecule has 9 nitrogen and oxygen atoms in total. The van der Waals surface area contributed by atoms with Crippen LogP contribution in [0.2, 0.25) is 0 Å². The SMILES string of the molecule is COc1cc(OCc2cccc(-c3cccc(COc4cc(OC)c(CNCCO)c(OC)c4)c3C)c2C)cc(CO)c1CCCCO. The lowest BCUT2D eigenvalue weighted by Gasteiger charge is -2.19. The number of ether oxygens (including phenoxy) is 5. The number of rotatable bonds is 19.